The van der Waals surface area contributed by atoms with Gasteiger partial charge in [0.15, 0.2) is 0 Å². The Morgan fingerprint density at radius 1 is 1.20 bits per heavy atom. The Morgan fingerprint density at radius 2 is 2.00 bits per heavy atom. The molecule has 0 amide bonds. The molecule has 150 valence electrons. The second kappa shape index (κ2) is 6.41. The van der Waals surface area contributed by atoms with Crippen molar-refractivity contribution in [2.75, 3.05) is 0 Å². The van der Waals surface area contributed by atoms with Crippen LogP contribution < -0.4 is 0 Å². The lowest BCUT2D eigenvalue weighted by molar-refractivity contribution is 0.0678. The van der Waals surface area contributed by atoms with Gasteiger partial charge in [-0.15, -0.1) is 0 Å². The molecule has 2 aromatic carbocycles. The average molecular weight is 510 g/mol. The first kappa shape index (κ1) is 18.1. The van der Waals surface area contributed by atoms with Crippen molar-refractivity contribution >= 4 is 39.5 Å². The number of nitrogens with zero attached hydrogens (tertiary/aromatic N) is 4. The Bertz CT molecular complexity index is 1350. The summed E-state index contributed by atoms with van der Waals surface area (Å²) in [6.07, 6.45) is 2.10. The molecular weight excluding hydrogens is 491 g/mol. The lowest BCUT2D eigenvalue weighted by atomic mass is 9.71. The van der Waals surface area contributed by atoms with Gasteiger partial charge in [-0.1, -0.05) is 24.3 Å². The molecule has 2 aromatic heterocycles. The number of aryl methyl sites for hydroxylation is 1. The highest BCUT2D eigenvalue weighted by atomic mass is 127. The Kier molecular flexibility index (Phi) is 3.87. The standard InChI is InChI=1S/C23H19IN4O2/c1-27-19-5-3-2-4-16(19)18(26-27)11-28-21-13-8-12(9-13)15-7-6-14(24)10-17(15)20(21)25-22(28)23(29)30/h2-7,10,12-13H,8-9,11H2,1H3,(H,29,30). The van der Waals surface area contributed by atoms with E-state index < -0.39 is 5.97 Å². The second-order valence-electron chi connectivity index (χ2n) is 8.24. The second-order valence-corrected chi connectivity index (χ2v) is 9.49. The highest BCUT2D eigenvalue weighted by Crippen LogP contribution is 2.55. The van der Waals surface area contributed by atoms with Crippen molar-refractivity contribution in [3.05, 3.63) is 68.8 Å². The third kappa shape index (κ3) is 2.50. The number of para-hydroxylation sites is 1. The van der Waals surface area contributed by atoms with Crippen molar-refractivity contribution < 1.29 is 9.90 Å². The van der Waals surface area contributed by atoms with E-state index in [0.29, 0.717) is 18.4 Å². The molecule has 1 fully saturated rings. The zero-order chi connectivity index (χ0) is 20.6. The first-order chi connectivity index (χ1) is 14.5. The molecule has 30 heavy (non-hydrogen) atoms. The van der Waals surface area contributed by atoms with Crippen molar-refractivity contribution in [2.24, 2.45) is 7.05 Å². The van der Waals surface area contributed by atoms with E-state index in [9.17, 15) is 9.90 Å². The maximum absolute atomic E-state index is 12.2. The monoisotopic (exact) mass is 510 g/mol. The lowest BCUT2D eigenvalue weighted by Crippen LogP contribution is -2.23. The third-order valence-electron chi connectivity index (χ3n) is 6.58. The largest absolute Gasteiger partial charge is 0.475 e. The smallest absolute Gasteiger partial charge is 0.372 e. The molecule has 1 N–H and O–H groups in total. The number of halogens is 1. The Labute approximate surface area is 186 Å². The predicted octanol–water partition coefficient (Wildman–Crippen LogP) is 4.76. The van der Waals surface area contributed by atoms with Gasteiger partial charge < -0.3 is 9.67 Å². The fourth-order valence-electron chi connectivity index (χ4n) is 5.14. The van der Waals surface area contributed by atoms with E-state index >= 15 is 0 Å². The van der Waals surface area contributed by atoms with E-state index in [1.165, 1.54) is 5.56 Å². The number of hydrogen-bond acceptors (Lipinski definition) is 3. The number of hydrogen-bond donors (Lipinski definition) is 1. The van der Waals surface area contributed by atoms with Gasteiger partial charge in [0.2, 0.25) is 5.82 Å². The Hall–Kier alpha value is -2.68. The van der Waals surface area contributed by atoms with Crippen LogP contribution in [0.4, 0.5) is 0 Å². The van der Waals surface area contributed by atoms with Gasteiger partial charge in [0, 0.05) is 33.2 Å². The number of fused-ring (bicyclic) bond motifs is 1. The molecule has 3 aliphatic rings. The highest BCUT2D eigenvalue weighted by molar-refractivity contribution is 14.1. The number of carboxylic acids is 1. The number of benzene rings is 2. The maximum Gasteiger partial charge on any atom is 0.372 e. The van der Waals surface area contributed by atoms with Crippen LogP contribution in [0.25, 0.3) is 22.2 Å². The third-order valence-corrected chi connectivity index (χ3v) is 7.25. The first-order valence-corrected chi connectivity index (χ1v) is 11.1. The molecule has 1 saturated carbocycles. The van der Waals surface area contributed by atoms with Crippen LogP contribution in [0, 0.1) is 3.57 Å². The van der Waals surface area contributed by atoms with Gasteiger partial charge in [-0.3, -0.25) is 4.68 Å². The zero-order valence-electron chi connectivity index (χ0n) is 16.3. The molecular formula is C23H19IN4O2. The van der Waals surface area contributed by atoms with Crippen LogP contribution >= 0.6 is 22.6 Å². The molecule has 0 spiro atoms. The number of imidazole rings is 1. The summed E-state index contributed by atoms with van der Waals surface area (Å²) < 4.78 is 4.90. The molecule has 2 heterocycles. The average Bonchev–Trinajstić information content (AvgIpc) is 3.13. The van der Waals surface area contributed by atoms with E-state index in [1.54, 1.807) is 0 Å². The van der Waals surface area contributed by atoms with Gasteiger partial charge >= 0.3 is 5.97 Å². The molecule has 0 unspecified atom stereocenters. The van der Waals surface area contributed by atoms with E-state index in [-0.39, 0.29) is 5.82 Å². The van der Waals surface area contributed by atoms with Gasteiger partial charge in [-0.25, -0.2) is 9.78 Å². The van der Waals surface area contributed by atoms with Crippen LogP contribution in [-0.2, 0) is 13.6 Å². The molecule has 0 aliphatic heterocycles. The Morgan fingerprint density at radius 3 is 2.80 bits per heavy atom. The minimum absolute atomic E-state index is 0.102. The fourth-order valence-corrected chi connectivity index (χ4v) is 5.63. The number of aromatic carboxylic acids is 1. The SMILES string of the molecule is Cn1nc(Cn2c(C(=O)O)nc3c2C2CC(C2)c2ccc(I)cc2-3)c2ccccc21. The summed E-state index contributed by atoms with van der Waals surface area (Å²) in [6, 6.07) is 14.5. The molecule has 6 nitrogen and oxygen atoms in total. The first-order valence-electron chi connectivity index (χ1n) is 10.1. The Balaban J connectivity index is 1.58. The summed E-state index contributed by atoms with van der Waals surface area (Å²) in [5.41, 5.74) is 6.20. The fraction of sp³-hybridized carbons (Fsp3) is 0.261. The minimum atomic E-state index is -0.994. The molecule has 7 rings (SSSR count). The van der Waals surface area contributed by atoms with Crippen LogP contribution in [-0.4, -0.2) is 30.4 Å². The summed E-state index contributed by atoms with van der Waals surface area (Å²) in [4.78, 5) is 16.9. The van der Waals surface area contributed by atoms with Crippen molar-refractivity contribution in [1.82, 2.24) is 19.3 Å². The van der Waals surface area contributed by atoms with Crippen molar-refractivity contribution in [3.8, 4) is 11.3 Å². The van der Waals surface area contributed by atoms with Gasteiger partial charge in [-0.2, -0.15) is 5.10 Å². The van der Waals surface area contributed by atoms with Crippen molar-refractivity contribution in [2.45, 2.75) is 31.2 Å². The molecule has 7 heteroatoms. The topological polar surface area (TPSA) is 72.9 Å². The molecule has 0 atom stereocenters. The number of carboxylic acid groups (broad SMARTS) is 1. The van der Waals surface area contributed by atoms with Gasteiger partial charge in [-0.05, 0) is 65.1 Å². The van der Waals surface area contributed by atoms with Crippen molar-refractivity contribution in [1.29, 1.82) is 0 Å². The number of carbonyl (C=O) groups is 1. The summed E-state index contributed by atoms with van der Waals surface area (Å²) in [7, 11) is 1.92. The summed E-state index contributed by atoms with van der Waals surface area (Å²) >= 11 is 2.31. The number of aromatic nitrogens is 4. The van der Waals surface area contributed by atoms with E-state index in [0.717, 1.165) is 50.0 Å². The van der Waals surface area contributed by atoms with Crippen LogP contribution in [0.5, 0.6) is 0 Å². The van der Waals surface area contributed by atoms with Crippen LogP contribution in [0.1, 0.15) is 52.2 Å². The molecule has 2 bridgehead atoms. The molecule has 0 saturated heterocycles. The molecule has 0 radical (unpaired) electrons. The summed E-state index contributed by atoms with van der Waals surface area (Å²) in [6.45, 7) is 0.408. The summed E-state index contributed by atoms with van der Waals surface area (Å²) in [5, 5.41) is 15.7. The quantitative estimate of drug-likeness (QED) is 0.404. The number of rotatable bonds is 3. The highest BCUT2D eigenvalue weighted by Gasteiger charge is 2.42. The van der Waals surface area contributed by atoms with Crippen LogP contribution in [0.15, 0.2) is 42.5 Å². The van der Waals surface area contributed by atoms with Crippen molar-refractivity contribution in [3.63, 3.8) is 0 Å². The summed E-state index contributed by atoms with van der Waals surface area (Å²) in [5.74, 6) is -0.0181. The lowest BCUT2D eigenvalue weighted by Gasteiger charge is -2.34. The minimum Gasteiger partial charge on any atom is -0.475 e. The van der Waals surface area contributed by atoms with E-state index in [2.05, 4.69) is 45.8 Å². The molecule has 3 aliphatic carbocycles. The maximum atomic E-state index is 12.2. The van der Waals surface area contributed by atoms with Gasteiger partial charge in [0.05, 0.1) is 23.4 Å². The molecule has 4 aromatic rings. The van der Waals surface area contributed by atoms with E-state index in [1.807, 2.05) is 40.6 Å². The predicted molar refractivity (Wildman–Crippen MR) is 122 cm³/mol. The van der Waals surface area contributed by atoms with E-state index in [4.69, 9.17) is 5.10 Å². The normalized spacial score (nSPS) is 19.1. The zero-order valence-corrected chi connectivity index (χ0v) is 18.5. The van der Waals surface area contributed by atoms with Gasteiger partial charge in [0.1, 0.15) is 0 Å². The van der Waals surface area contributed by atoms with Crippen LogP contribution in [0.2, 0.25) is 0 Å². The van der Waals surface area contributed by atoms with Gasteiger partial charge in [0.25, 0.3) is 0 Å². The van der Waals surface area contributed by atoms with Crippen LogP contribution in [0.3, 0.4) is 0 Å².